The highest BCUT2D eigenvalue weighted by Gasteiger charge is 2.37. The van der Waals surface area contributed by atoms with E-state index in [0.717, 1.165) is 24.9 Å². The van der Waals surface area contributed by atoms with Crippen molar-refractivity contribution < 1.29 is 32.3 Å². The van der Waals surface area contributed by atoms with Crippen LogP contribution in [0.3, 0.4) is 0 Å². The van der Waals surface area contributed by atoms with Crippen molar-refractivity contribution in [2.75, 3.05) is 40.3 Å². The second kappa shape index (κ2) is 19.2. The number of hydrogen-bond acceptors (Lipinski definition) is 8. The Bertz CT molecular complexity index is 718. The fourth-order valence-corrected chi connectivity index (χ4v) is 4.14. The Kier molecular flexibility index (Phi) is 19.3. The van der Waals surface area contributed by atoms with Crippen LogP contribution in [0.5, 0.6) is 0 Å². The van der Waals surface area contributed by atoms with E-state index in [2.05, 4.69) is 0 Å². The molecule has 216 valence electrons. The lowest BCUT2D eigenvalue weighted by molar-refractivity contribution is -0.154. The zero-order valence-corrected chi connectivity index (χ0v) is 26.2. The third-order valence-electron chi connectivity index (χ3n) is 6.18. The van der Waals surface area contributed by atoms with Gasteiger partial charge in [0.25, 0.3) is 0 Å². The number of carbonyl (C=O) groups excluding carboxylic acids is 2. The van der Waals surface area contributed by atoms with E-state index < -0.39 is 14.2 Å². The van der Waals surface area contributed by atoms with Crippen LogP contribution in [0.2, 0.25) is 6.04 Å². The summed E-state index contributed by atoms with van der Waals surface area (Å²) in [6, 6.07) is 8.42. The number of rotatable bonds is 13. The molecule has 37 heavy (non-hydrogen) atoms. The second-order valence-corrected chi connectivity index (χ2v) is 13.1. The first kappa shape index (κ1) is 37.2. The molecule has 0 atom stereocenters. The van der Waals surface area contributed by atoms with Gasteiger partial charge in [0.15, 0.2) is 0 Å². The van der Waals surface area contributed by atoms with Gasteiger partial charge in [0.05, 0.1) is 24.0 Å². The zero-order chi connectivity index (χ0) is 29.1. The maximum absolute atomic E-state index is 11.7. The Hall–Kier alpha value is -1.94. The van der Waals surface area contributed by atoms with Crippen molar-refractivity contribution in [2.24, 2.45) is 10.8 Å². The quantitative estimate of drug-likeness (QED) is 0.136. The van der Waals surface area contributed by atoms with Crippen molar-refractivity contribution in [2.45, 2.75) is 87.1 Å². The third kappa shape index (κ3) is 15.8. The average molecular weight is 544 g/mol. The van der Waals surface area contributed by atoms with Crippen molar-refractivity contribution in [3.05, 3.63) is 29.8 Å². The van der Waals surface area contributed by atoms with Crippen molar-refractivity contribution in [3.63, 3.8) is 0 Å². The maximum atomic E-state index is 11.7. The Balaban J connectivity index is 0. The van der Waals surface area contributed by atoms with Gasteiger partial charge < -0.3 is 28.5 Å². The van der Waals surface area contributed by atoms with Crippen molar-refractivity contribution in [3.8, 4) is 0 Å². The van der Waals surface area contributed by atoms with Crippen LogP contribution in [-0.4, -0.2) is 55.3 Å². The Morgan fingerprint density at radius 1 is 0.784 bits per heavy atom. The van der Waals surface area contributed by atoms with Gasteiger partial charge in [-0.3, -0.25) is 9.59 Å². The highest BCUT2D eigenvalue weighted by atomic mass is 28.4. The van der Waals surface area contributed by atoms with Gasteiger partial charge in [-0.25, -0.2) is 0 Å². The van der Waals surface area contributed by atoms with E-state index in [1.165, 1.54) is 5.56 Å². The molecule has 0 aliphatic rings. The van der Waals surface area contributed by atoms with E-state index in [1.807, 2.05) is 79.7 Å². The highest BCUT2D eigenvalue weighted by Crippen LogP contribution is 2.22. The number of carbonyl (C=O) groups is 2. The summed E-state index contributed by atoms with van der Waals surface area (Å²) in [6.07, 6.45) is 3.16. The molecule has 0 saturated heterocycles. The normalized spacial score (nSPS) is 11.4. The van der Waals surface area contributed by atoms with Crippen LogP contribution in [0.25, 0.3) is 0 Å². The second-order valence-electron chi connectivity index (χ2n) is 10.1. The number of nitrogen functional groups attached to an aromatic ring is 1. The molecule has 1 aromatic rings. The van der Waals surface area contributed by atoms with E-state index in [9.17, 15) is 9.59 Å². The lowest BCUT2D eigenvalue weighted by Gasteiger charge is -2.24. The van der Waals surface area contributed by atoms with Gasteiger partial charge in [0, 0.05) is 33.1 Å². The fourth-order valence-electron chi connectivity index (χ4n) is 2.45. The minimum atomic E-state index is -2.53. The average Bonchev–Trinajstić information content (AvgIpc) is 2.90. The lowest BCUT2D eigenvalue weighted by atomic mass is 9.91. The topological polar surface area (TPSA) is 106 Å². The van der Waals surface area contributed by atoms with E-state index in [-0.39, 0.29) is 17.4 Å². The van der Waals surface area contributed by atoms with E-state index in [4.69, 9.17) is 28.5 Å². The van der Waals surface area contributed by atoms with Crippen molar-refractivity contribution >= 4 is 26.4 Å². The van der Waals surface area contributed by atoms with Crippen LogP contribution in [0.15, 0.2) is 24.3 Å². The summed E-state index contributed by atoms with van der Waals surface area (Å²) in [5, 5.41) is 0. The number of anilines is 1. The van der Waals surface area contributed by atoms with Gasteiger partial charge >= 0.3 is 20.7 Å². The first-order valence-electron chi connectivity index (χ1n) is 13.0. The predicted molar refractivity (Wildman–Crippen MR) is 152 cm³/mol. The van der Waals surface area contributed by atoms with E-state index >= 15 is 0 Å². The predicted octanol–water partition coefficient (Wildman–Crippen LogP) is 6.19. The number of hydrogen-bond donors (Lipinski definition) is 1. The number of esters is 2. The largest absolute Gasteiger partial charge is 0.500 e. The molecule has 0 aliphatic carbocycles. The summed E-state index contributed by atoms with van der Waals surface area (Å²) >= 11 is 0. The molecule has 0 saturated carbocycles. The van der Waals surface area contributed by atoms with Crippen LogP contribution < -0.4 is 5.73 Å². The van der Waals surface area contributed by atoms with Crippen molar-refractivity contribution in [1.82, 2.24) is 0 Å². The SMILES string of the molecule is CCC(C)(C)C(=O)OCCC[Si](OC)(OC)OC.CCCOC(=O)C(C)(C)CC.Cc1ccc(N)cc1. The fraction of sp³-hybridized carbons (Fsp3) is 0.714. The van der Waals surface area contributed by atoms with Crippen LogP contribution in [-0.2, 0) is 32.3 Å². The molecular formula is C28H53NO7Si. The number of aryl methyl sites for hydroxylation is 1. The maximum Gasteiger partial charge on any atom is 0.500 e. The number of ether oxygens (including phenoxy) is 2. The third-order valence-corrected chi connectivity index (χ3v) is 9.01. The van der Waals surface area contributed by atoms with Gasteiger partial charge in [0.1, 0.15) is 0 Å². The summed E-state index contributed by atoms with van der Waals surface area (Å²) < 4.78 is 26.1. The first-order chi connectivity index (χ1) is 17.2. The molecular weight excluding hydrogens is 490 g/mol. The summed E-state index contributed by atoms with van der Waals surface area (Å²) in [5.74, 6) is -0.244. The molecule has 0 unspecified atom stereocenters. The van der Waals surface area contributed by atoms with Gasteiger partial charge in [-0.2, -0.15) is 0 Å². The molecule has 0 aliphatic heterocycles. The minimum absolute atomic E-state index is 0.0816. The number of nitrogens with two attached hydrogens (primary N) is 1. The molecule has 0 spiro atoms. The van der Waals surface area contributed by atoms with Gasteiger partial charge in [0.2, 0.25) is 0 Å². The monoisotopic (exact) mass is 543 g/mol. The molecule has 0 aromatic heterocycles. The molecule has 1 aromatic carbocycles. The molecule has 0 bridgehead atoms. The Morgan fingerprint density at radius 3 is 1.51 bits per heavy atom. The van der Waals surface area contributed by atoms with Gasteiger partial charge in [-0.05, 0) is 72.4 Å². The molecule has 0 heterocycles. The Morgan fingerprint density at radius 2 is 1.19 bits per heavy atom. The molecule has 0 fully saturated rings. The molecule has 2 N–H and O–H groups in total. The van der Waals surface area contributed by atoms with Crippen LogP contribution in [0.4, 0.5) is 5.69 Å². The summed E-state index contributed by atoms with van der Waals surface area (Å²) in [6.45, 7) is 16.5. The van der Waals surface area contributed by atoms with E-state index in [0.29, 0.717) is 25.7 Å². The van der Waals surface area contributed by atoms with Crippen LogP contribution in [0, 0.1) is 17.8 Å². The van der Waals surface area contributed by atoms with Crippen molar-refractivity contribution in [1.29, 1.82) is 0 Å². The van der Waals surface area contributed by atoms with E-state index in [1.54, 1.807) is 21.3 Å². The summed E-state index contributed by atoms with van der Waals surface area (Å²) in [4.78, 5) is 23.0. The minimum Gasteiger partial charge on any atom is -0.465 e. The first-order valence-corrected chi connectivity index (χ1v) is 15.0. The van der Waals surface area contributed by atoms with Crippen LogP contribution in [0.1, 0.15) is 79.7 Å². The Labute approximate surface area is 226 Å². The summed E-state index contributed by atoms with van der Waals surface area (Å²) in [7, 11) is 2.19. The number of benzene rings is 1. The highest BCUT2D eigenvalue weighted by molar-refractivity contribution is 6.60. The standard InChI is InChI=1S/C12H26O5Si.C9H18O2.C7H9N/c1-7-12(2,3)11(13)17-9-8-10-18(14-4,15-5)16-6;1-5-7-11-8(10)9(3,4)6-2;1-6-2-4-7(8)5-3-6/h7-10H2,1-6H3;5-7H2,1-4H3;2-5H,8H2,1H3. The zero-order valence-electron chi connectivity index (χ0n) is 25.2. The molecule has 9 heteroatoms. The molecule has 8 nitrogen and oxygen atoms in total. The van der Waals surface area contributed by atoms with Crippen LogP contribution >= 0.6 is 0 Å². The van der Waals surface area contributed by atoms with Gasteiger partial charge in [-0.15, -0.1) is 0 Å². The molecule has 0 amide bonds. The summed E-state index contributed by atoms with van der Waals surface area (Å²) in [5.41, 5.74) is 6.78. The van der Waals surface area contributed by atoms with Gasteiger partial charge in [-0.1, -0.05) is 38.5 Å². The molecule has 0 radical (unpaired) electrons. The molecule has 1 rings (SSSR count). The lowest BCUT2D eigenvalue weighted by Crippen LogP contribution is -2.42. The smallest absolute Gasteiger partial charge is 0.465 e.